The van der Waals surface area contributed by atoms with E-state index in [-0.39, 0.29) is 6.42 Å². The third-order valence-electron chi connectivity index (χ3n) is 4.96. The number of esters is 1. The maximum absolute atomic E-state index is 12.7. The van der Waals surface area contributed by atoms with Gasteiger partial charge in [-0.2, -0.15) is 0 Å². The summed E-state index contributed by atoms with van der Waals surface area (Å²) in [5, 5.41) is 9.73. The minimum atomic E-state index is -1.59. The van der Waals surface area contributed by atoms with Gasteiger partial charge in [0.15, 0.2) is 0 Å². The van der Waals surface area contributed by atoms with Gasteiger partial charge in [0.1, 0.15) is 6.10 Å². The van der Waals surface area contributed by atoms with E-state index in [4.69, 9.17) is 9.47 Å². The number of carboxylic acid groups (broad SMARTS) is 1. The van der Waals surface area contributed by atoms with Crippen LogP contribution in [0, 0.1) is 13.8 Å². The van der Waals surface area contributed by atoms with Gasteiger partial charge >= 0.3 is 11.9 Å². The lowest BCUT2D eigenvalue weighted by atomic mass is 9.81. The summed E-state index contributed by atoms with van der Waals surface area (Å²) in [6, 6.07) is 5.85. The molecule has 1 aromatic rings. The van der Waals surface area contributed by atoms with Crippen LogP contribution in [-0.2, 0) is 19.1 Å². The molecular weight excluding hydrogens is 308 g/mol. The minimum Gasteiger partial charge on any atom is -0.478 e. The quantitative estimate of drug-likeness (QED) is 0.836. The molecule has 24 heavy (non-hydrogen) atoms. The zero-order valence-corrected chi connectivity index (χ0v) is 14.8. The molecule has 132 valence electrons. The van der Waals surface area contributed by atoms with Crippen LogP contribution in [0.25, 0.3) is 0 Å². The highest BCUT2D eigenvalue weighted by molar-refractivity contribution is 5.85. The standard InChI is InChI=1S/C19H26O5/c1-12-8-9-15(13(2)11-12)14(3)17(20)24-19(18(21)22)10-6-5-7-16(19)23-4/h8-9,11,14,16H,5-7,10H2,1-4H3,(H,21,22). The summed E-state index contributed by atoms with van der Waals surface area (Å²) in [6.07, 6.45) is 1.83. The molecule has 0 amide bonds. The van der Waals surface area contributed by atoms with Crippen LogP contribution in [0.15, 0.2) is 18.2 Å². The lowest BCUT2D eigenvalue weighted by molar-refractivity contribution is -0.202. The number of carboxylic acids is 1. The Labute approximate surface area is 143 Å². The molecule has 1 aliphatic carbocycles. The van der Waals surface area contributed by atoms with Gasteiger partial charge in [0, 0.05) is 13.5 Å². The molecule has 0 aromatic heterocycles. The molecule has 0 saturated heterocycles. The zero-order chi connectivity index (χ0) is 17.9. The molecule has 0 bridgehead atoms. The summed E-state index contributed by atoms with van der Waals surface area (Å²) in [5.41, 5.74) is 1.38. The van der Waals surface area contributed by atoms with Crippen molar-refractivity contribution in [1.82, 2.24) is 0 Å². The first-order chi connectivity index (χ1) is 11.3. The van der Waals surface area contributed by atoms with Gasteiger partial charge in [-0.15, -0.1) is 0 Å². The van der Waals surface area contributed by atoms with Crippen molar-refractivity contribution in [1.29, 1.82) is 0 Å². The number of aliphatic carboxylic acids is 1. The third kappa shape index (κ3) is 3.46. The van der Waals surface area contributed by atoms with Crippen molar-refractivity contribution in [3.8, 4) is 0 Å². The van der Waals surface area contributed by atoms with Crippen molar-refractivity contribution < 1.29 is 24.2 Å². The Morgan fingerprint density at radius 2 is 2.00 bits per heavy atom. The van der Waals surface area contributed by atoms with Crippen LogP contribution >= 0.6 is 0 Å². The zero-order valence-electron chi connectivity index (χ0n) is 14.8. The predicted octanol–water partition coefficient (Wildman–Crippen LogP) is 3.36. The van der Waals surface area contributed by atoms with E-state index in [1.165, 1.54) is 7.11 Å². The molecule has 5 heteroatoms. The number of hydrogen-bond acceptors (Lipinski definition) is 4. The number of benzene rings is 1. The first-order valence-electron chi connectivity index (χ1n) is 8.38. The summed E-state index contributed by atoms with van der Waals surface area (Å²) in [5.74, 6) is -2.18. The highest BCUT2D eigenvalue weighted by Gasteiger charge is 2.52. The normalized spacial score (nSPS) is 25.1. The maximum Gasteiger partial charge on any atom is 0.350 e. The van der Waals surface area contributed by atoms with Gasteiger partial charge in [0.2, 0.25) is 5.60 Å². The summed E-state index contributed by atoms with van der Waals surface area (Å²) >= 11 is 0. The molecule has 1 aliphatic rings. The van der Waals surface area contributed by atoms with E-state index in [1.54, 1.807) is 6.92 Å². The summed E-state index contributed by atoms with van der Waals surface area (Å²) in [7, 11) is 1.47. The van der Waals surface area contributed by atoms with Crippen LogP contribution in [0.4, 0.5) is 0 Å². The summed E-state index contributed by atoms with van der Waals surface area (Å²) in [4.78, 5) is 24.6. The van der Waals surface area contributed by atoms with E-state index in [1.807, 2.05) is 32.0 Å². The molecule has 0 radical (unpaired) electrons. The van der Waals surface area contributed by atoms with Gasteiger partial charge in [-0.3, -0.25) is 4.79 Å². The fourth-order valence-electron chi connectivity index (χ4n) is 3.53. The van der Waals surface area contributed by atoms with E-state index in [0.29, 0.717) is 12.8 Å². The molecule has 1 aromatic carbocycles. The Morgan fingerprint density at radius 1 is 1.29 bits per heavy atom. The second kappa shape index (κ2) is 7.34. The van der Waals surface area contributed by atoms with Gasteiger partial charge in [-0.1, -0.05) is 30.2 Å². The van der Waals surface area contributed by atoms with Crippen LogP contribution < -0.4 is 0 Å². The molecule has 0 heterocycles. The highest BCUT2D eigenvalue weighted by Crippen LogP contribution is 2.36. The van der Waals surface area contributed by atoms with Crippen molar-refractivity contribution in [3.63, 3.8) is 0 Å². The third-order valence-corrected chi connectivity index (χ3v) is 4.96. The van der Waals surface area contributed by atoms with Crippen molar-refractivity contribution in [2.24, 2.45) is 0 Å². The predicted molar refractivity (Wildman–Crippen MR) is 90.1 cm³/mol. The minimum absolute atomic E-state index is 0.284. The molecule has 0 aliphatic heterocycles. The Kier molecular flexibility index (Phi) is 5.65. The van der Waals surface area contributed by atoms with Crippen LogP contribution in [0.1, 0.15) is 55.2 Å². The topological polar surface area (TPSA) is 72.8 Å². The smallest absolute Gasteiger partial charge is 0.350 e. The van der Waals surface area contributed by atoms with Gasteiger partial charge in [-0.05, 0) is 44.7 Å². The molecule has 1 N–H and O–H groups in total. The molecule has 1 saturated carbocycles. The number of ether oxygens (including phenoxy) is 2. The lowest BCUT2D eigenvalue weighted by Crippen LogP contribution is -2.55. The molecule has 5 nitrogen and oxygen atoms in total. The van der Waals surface area contributed by atoms with Crippen LogP contribution in [0.2, 0.25) is 0 Å². The second-order valence-corrected chi connectivity index (χ2v) is 6.67. The molecule has 1 fully saturated rings. The number of carbonyl (C=O) groups is 2. The average Bonchev–Trinajstić information content (AvgIpc) is 2.54. The lowest BCUT2D eigenvalue weighted by Gasteiger charge is -2.39. The van der Waals surface area contributed by atoms with Crippen molar-refractivity contribution in [2.75, 3.05) is 7.11 Å². The van der Waals surface area contributed by atoms with Gasteiger partial charge in [0.05, 0.1) is 5.92 Å². The average molecular weight is 334 g/mol. The molecular formula is C19H26O5. The highest BCUT2D eigenvalue weighted by atomic mass is 16.6. The van der Waals surface area contributed by atoms with Crippen LogP contribution in [0.3, 0.4) is 0 Å². The fraction of sp³-hybridized carbons (Fsp3) is 0.579. The van der Waals surface area contributed by atoms with Gasteiger partial charge < -0.3 is 14.6 Å². The van der Waals surface area contributed by atoms with Crippen molar-refractivity contribution in [3.05, 3.63) is 34.9 Å². The van der Waals surface area contributed by atoms with Crippen LogP contribution in [-0.4, -0.2) is 35.9 Å². The first kappa shape index (κ1) is 18.5. The molecule has 2 rings (SSSR count). The summed E-state index contributed by atoms with van der Waals surface area (Å²) in [6.45, 7) is 5.68. The first-order valence-corrected chi connectivity index (χ1v) is 8.38. The Balaban J connectivity index is 2.26. The van der Waals surface area contributed by atoms with E-state index in [2.05, 4.69) is 0 Å². The van der Waals surface area contributed by atoms with Crippen LogP contribution in [0.5, 0.6) is 0 Å². The number of rotatable bonds is 5. The monoisotopic (exact) mass is 334 g/mol. The summed E-state index contributed by atoms with van der Waals surface area (Å²) < 4.78 is 10.9. The largest absolute Gasteiger partial charge is 0.478 e. The van der Waals surface area contributed by atoms with Gasteiger partial charge in [0.25, 0.3) is 0 Å². The Morgan fingerprint density at radius 3 is 2.58 bits per heavy atom. The van der Waals surface area contributed by atoms with Crippen molar-refractivity contribution >= 4 is 11.9 Å². The van der Waals surface area contributed by atoms with E-state index < -0.39 is 29.6 Å². The Hall–Kier alpha value is -1.88. The molecule has 3 atom stereocenters. The van der Waals surface area contributed by atoms with E-state index in [9.17, 15) is 14.7 Å². The molecule has 0 spiro atoms. The number of methoxy groups -OCH3 is 1. The van der Waals surface area contributed by atoms with E-state index in [0.717, 1.165) is 23.1 Å². The number of hydrogen-bond donors (Lipinski definition) is 1. The van der Waals surface area contributed by atoms with E-state index >= 15 is 0 Å². The Bertz CT molecular complexity index is 624. The van der Waals surface area contributed by atoms with Crippen molar-refractivity contribution in [2.45, 2.75) is 64.1 Å². The number of carbonyl (C=O) groups excluding carboxylic acids is 1. The SMILES string of the molecule is COC1CCCCC1(OC(=O)C(C)c1ccc(C)cc1C)C(=O)O. The number of aryl methyl sites for hydroxylation is 2. The molecule has 3 unspecified atom stereocenters. The van der Waals surface area contributed by atoms with Gasteiger partial charge in [-0.25, -0.2) is 4.79 Å². The second-order valence-electron chi connectivity index (χ2n) is 6.67. The maximum atomic E-state index is 12.7. The fourth-order valence-corrected chi connectivity index (χ4v) is 3.53.